The number of aromatic nitrogens is 2. The van der Waals surface area contributed by atoms with Crippen LogP contribution in [0.1, 0.15) is 28.9 Å². The number of hydrogen-bond donors (Lipinski definition) is 3. The first-order chi connectivity index (χ1) is 18.0. The van der Waals surface area contributed by atoms with E-state index >= 15 is 0 Å². The van der Waals surface area contributed by atoms with Crippen LogP contribution in [0.5, 0.6) is 11.5 Å². The monoisotopic (exact) mass is 507 g/mol. The van der Waals surface area contributed by atoms with Gasteiger partial charge in [0.1, 0.15) is 12.4 Å². The zero-order valence-corrected chi connectivity index (χ0v) is 20.9. The molecule has 0 radical (unpaired) electrons. The van der Waals surface area contributed by atoms with Crippen molar-refractivity contribution in [3.05, 3.63) is 53.7 Å². The van der Waals surface area contributed by atoms with Gasteiger partial charge in [0, 0.05) is 36.0 Å². The summed E-state index contributed by atoms with van der Waals surface area (Å²) >= 11 is 0. The number of H-pyrrole nitrogens is 1. The lowest BCUT2D eigenvalue weighted by molar-refractivity contribution is -0.0107. The maximum Gasteiger partial charge on any atom is 0.255 e. The SMILES string of the molecule is COc1c(F)cccc1Nc1c(-c2ccncc2OC[C@H]2COCCN2C)[nH]c2c1C(=O)NCC21CC1. The molecule has 1 aromatic carbocycles. The summed E-state index contributed by atoms with van der Waals surface area (Å²) in [7, 11) is 3.48. The first-order valence-corrected chi connectivity index (χ1v) is 12.5. The van der Waals surface area contributed by atoms with Gasteiger partial charge in [0.2, 0.25) is 0 Å². The number of halogens is 1. The van der Waals surface area contributed by atoms with Crippen molar-refractivity contribution in [2.45, 2.75) is 24.3 Å². The van der Waals surface area contributed by atoms with Gasteiger partial charge in [0.15, 0.2) is 11.6 Å². The molecule has 4 heterocycles. The predicted molar refractivity (Wildman–Crippen MR) is 136 cm³/mol. The number of aromatic amines is 1. The molecule has 1 atom stereocenters. The lowest BCUT2D eigenvalue weighted by atomic mass is 9.93. The first kappa shape index (κ1) is 23.7. The Balaban J connectivity index is 1.44. The third-order valence-electron chi connectivity index (χ3n) is 7.64. The van der Waals surface area contributed by atoms with Gasteiger partial charge in [-0.05, 0) is 38.1 Å². The summed E-state index contributed by atoms with van der Waals surface area (Å²) in [5, 5.41) is 6.36. The molecule has 1 saturated carbocycles. The molecule has 0 unspecified atom stereocenters. The first-order valence-electron chi connectivity index (χ1n) is 12.5. The summed E-state index contributed by atoms with van der Waals surface area (Å²) in [6.07, 6.45) is 5.34. The molecule has 194 valence electrons. The number of likely N-dealkylation sites (N-methyl/N-ethyl adjacent to an activating group) is 1. The fraction of sp³-hybridized carbons (Fsp3) is 0.407. The van der Waals surface area contributed by atoms with Gasteiger partial charge in [0.05, 0.1) is 55.2 Å². The van der Waals surface area contributed by atoms with Gasteiger partial charge >= 0.3 is 0 Å². The largest absolute Gasteiger partial charge is 0.492 e. The molecule has 2 aliphatic heterocycles. The molecule has 0 bridgehead atoms. The van der Waals surface area contributed by atoms with E-state index in [9.17, 15) is 9.18 Å². The quantitative estimate of drug-likeness (QED) is 0.450. The number of pyridine rings is 1. The van der Waals surface area contributed by atoms with Crippen molar-refractivity contribution in [2.24, 2.45) is 0 Å². The average molecular weight is 508 g/mol. The number of amides is 1. The van der Waals surface area contributed by atoms with Crippen LogP contribution in [0.25, 0.3) is 11.3 Å². The Morgan fingerprint density at radius 1 is 1.32 bits per heavy atom. The van der Waals surface area contributed by atoms with Crippen molar-refractivity contribution in [2.75, 3.05) is 52.4 Å². The van der Waals surface area contributed by atoms with Gasteiger partial charge in [-0.15, -0.1) is 0 Å². The molecule has 37 heavy (non-hydrogen) atoms. The second kappa shape index (κ2) is 9.35. The lowest BCUT2D eigenvalue weighted by Crippen LogP contribution is -2.46. The van der Waals surface area contributed by atoms with Gasteiger partial charge in [-0.1, -0.05) is 6.07 Å². The Morgan fingerprint density at radius 2 is 2.19 bits per heavy atom. The summed E-state index contributed by atoms with van der Waals surface area (Å²) in [4.78, 5) is 23.3. The van der Waals surface area contributed by atoms with Gasteiger partial charge in [-0.25, -0.2) is 4.39 Å². The van der Waals surface area contributed by atoms with Crippen LogP contribution < -0.4 is 20.1 Å². The number of hydrogen-bond acceptors (Lipinski definition) is 7. The molecule has 3 aliphatic rings. The second-order valence-corrected chi connectivity index (χ2v) is 9.93. The van der Waals surface area contributed by atoms with E-state index in [2.05, 4.69) is 32.5 Å². The number of nitrogens with one attached hydrogen (secondary N) is 3. The smallest absolute Gasteiger partial charge is 0.255 e. The summed E-state index contributed by atoms with van der Waals surface area (Å²) in [5.41, 5.74) is 3.74. The molecule has 2 fully saturated rings. The summed E-state index contributed by atoms with van der Waals surface area (Å²) in [5.74, 6) is -0.00871. The van der Waals surface area contributed by atoms with Gasteiger partial charge in [0.25, 0.3) is 5.91 Å². The second-order valence-electron chi connectivity index (χ2n) is 9.93. The van der Waals surface area contributed by atoms with Crippen LogP contribution in [0.4, 0.5) is 15.8 Å². The van der Waals surface area contributed by atoms with Gasteiger partial charge in [-0.2, -0.15) is 0 Å². The number of ether oxygens (including phenoxy) is 3. The number of nitrogens with zero attached hydrogens (tertiary/aromatic N) is 2. The van der Waals surface area contributed by atoms with Crippen LogP contribution >= 0.6 is 0 Å². The highest BCUT2D eigenvalue weighted by Crippen LogP contribution is 2.54. The number of morpholine rings is 1. The van der Waals surface area contributed by atoms with Crippen LogP contribution in [-0.4, -0.2) is 73.9 Å². The van der Waals surface area contributed by atoms with Crippen molar-refractivity contribution in [1.29, 1.82) is 0 Å². The topological polar surface area (TPSA) is 101 Å². The Hall–Kier alpha value is -3.63. The molecule has 1 saturated heterocycles. The third kappa shape index (κ3) is 4.19. The molecule has 2 aromatic heterocycles. The van der Waals surface area contributed by atoms with Crippen molar-refractivity contribution in [1.82, 2.24) is 20.2 Å². The Labute approximate surface area is 214 Å². The molecule has 3 aromatic rings. The normalized spacial score (nSPS) is 20.3. The van der Waals surface area contributed by atoms with E-state index in [4.69, 9.17) is 14.2 Å². The van der Waals surface area contributed by atoms with Crippen LogP contribution in [-0.2, 0) is 10.2 Å². The fourth-order valence-corrected chi connectivity index (χ4v) is 5.21. The summed E-state index contributed by atoms with van der Waals surface area (Å²) in [6.45, 7) is 3.17. The van der Waals surface area contributed by atoms with E-state index in [1.807, 2.05) is 6.07 Å². The molecular weight excluding hydrogens is 477 g/mol. The molecule has 1 amide bonds. The van der Waals surface area contributed by atoms with E-state index < -0.39 is 5.82 Å². The minimum atomic E-state index is -0.492. The van der Waals surface area contributed by atoms with Gasteiger partial charge in [-0.3, -0.25) is 14.7 Å². The molecule has 9 nitrogen and oxygen atoms in total. The number of fused-ring (bicyclic) bond motifs is 2. The van der Waals surface area contributed by atoms with Crippen LogP contribution in [0.15, 0.2) is 36.7 Å². The van der Waals surface area contributed by atoms with Crippen molar-refractivity contribution in [3.63, 3.8) is 0 Å². The highest BCUT2D eigenvalue weighted by molar-refractivity contribution is 6.07. The molecule has 1 aliphatic carbocycles. The van der Waals surface area contributed by atoms with E-state index in [0.29, 0.717) is 54.7 Å². The highest BCUT2D eigenvalue weighted by atomic mass is 19.1. The predicted octanol–water partition coefficient (Wildman–Crippen LogP) is 3.45. The number of rotatable bonds is 7. The standard InChI is InChI=1S/C27H30FN5O4/c1-33-10-11-36-13-16(33)14-37-20-12-29-9-6-17(20)22-23(31-19-5-3-4-18(28)24(19)35-2)21-25(32-22)27(7-8-27)15-30-26(21)34/h3-6,9,12,16,31-32H,7-8,10-11,13-15H2,1-2H3,(H,30,34)/t16-/m1/s1. The number of carbonyl (C=O) groups excluding carboxylic acids is 1. The number of carbonyl (C=O) groups is 1. The number of para-hydroxylation sites is 1. The maximum atomic E-state index is 14.5. The molecule has 1 spiro atoms. The summed E-state index contributed by atoms with van der Waals surface area (Å²) < 4.78 is 31.8. The van der Waals surface area contributed by atoms with Gasteiger partial charge < -0.3 is 29.8 Å². The van der Waals surface area contributed by atoms with Crippen molar-refractivity contribution < 1.29 is 23.4 Å². The number of anilines is 2. The van der Waals surface area contributed by atoms with Crippen molar-refractivity contribution >= 4 is 17.3 Å². The van der Waals surface area contributed by atoms with Crippen LogP contribution in [0, 0.1) is 5.82 Å². The third-order valence-corrected chi connectivity index (χ3v) is 7.64. The zero-order chi connectivity index (χ0) is 25.6. The Kier molecular flexibility index (Phi) is 6.00. The number of benzene rings is 1. The number of methoxy groups -OCH3 is 1. The fourth-order valence-electron chi connectivity index (χ4n) is 5.21. The van der Waals surface area contributed by atoms with E-state index in [1.165, 1.54) is 13.2 Å². The average Bonchev–Trinajstić information content (AvgIpc) is 3.59. The highest BCUT2D eigenvalue weighted by Gasteiger charge is 2.51. The molecular formula is C27H30FN5O4. The van der Waals surface area contributed by atoms with Crippen molar-refractivity contribution in [3.8, 4) is 22.8 Å². The summed E-state index contributed by atoms with van der Waals surface area (Å²) in [6, 6.07) is 6.64. The zero-order valence-electron chi connectivity index (χ0n) is 20.9. The Morgan fingerprint density at radius 3 is 2.97 bits per heavy atom. The van der Waals surface area contributed by atoms with E-state index in [0.717, 1.165) is 30.6 Å². The molecule has 6 rings (SSSR count). The molecule has 3 N–H and O–H groups in total. The van der Waals surface area contributed by atoms with E-state index in [-0.39, 0.29) is 23.1 Å². The minimum absolute atomic E-state index is 0.0762. The minimum Gasteiger partial charge on any atom is -0.492 e. The van der Waals surface area contributed by atoms with Crippen LogP contribution in [0.2, 0.25) is 0 Å². The van der Waals surface area contributed by atoms with E-state index in [1.54, 1.807) is 24.5 Å². The maximum absolute atomic E-state index is 14.5. The molecule has 10 heteroatoms. The van der Waals surface area contributed by atoms with Crippen LogP contribution in [0.3, 0.4) is 0 Å². The lowest BCUT2D eigenvalue weighted by Gasteiger charge is -2.32. The Bertz CT molecular complexity index is 1340.